The molecule has 35 heavy (non-hydrogen) atoms. The van der Waals surface area contributed by atoms with E-state index in [-0.39, 0.29) is 11.3 Å². The maximum atomic E-state index is 13.3. The summed E-state index contributed by atoms with van der Waals surface area (Å²) in [4.78, 5) is 28.0. The Hall–Kier alpha value is -4.26. The highest BCUT2D eigenvalue weighted by atomic mass is 16.5. The van der Waals surface area contributed by atoms with E-state index < -0.39 is 17.7 Å². The molecule has 0 saturated carbocycles. The summed E-state index contributed by atoms with van der Waals surface area (Å²) in [7, 11) is 3.07. The summed E-state index contributed by atoms with van der Waals surface area (Å²) in [6, 6.07) is 19.9. The number of carbonyl (C=O) groups excluding carboxylic acids is 2. The Labute approximate surface area is 204 Å². The van der Waals surface area contributed by atoms with Gasteiger partial charge in [0.2, 0.25) is 0 Å². The molecule has 1 aliphatic heterocycles. The standard InChI is InChI=1S/C28H27NO6/c1-4-16-35-22-12-8-18(9-13-22)25-24(26(30)19-6-5-7-23(17-19)34-3)27(31)28(32)29(25)20-10-14-21(33-2)15-11-20/h5-15,17,25,30H,4,16H2,1-3H3/b26-24-. The van der Waals surface area contributed by atoms with Crippen molar-refractivity contribution in [3.05, 3.63) is 89.5 Å². The number of ether oxygens (including phenoxy) is 3. The quantitative estimate of drug-likeness (QED) is 0.278. The fourth-order valence-corrected chi connectivity index (χ4v) is 4.05. The van der Waals surface area contributed by atoms with Gasteiger partial charge in [0.15, 0.2) is 0 Å². The molecule has 1 N–H and O–H groups in total. The summed E-state index contributed by atoms with van der Waals surface area (Å²) in [6.07, 6.45) is 0.875. The van der Waals surface area contributed by atoms with Crippen molar-refractivity contribution in [1.29, 1.82) is 0 Å². The largest absolute Gasteiger partial charge is 0.507 e. The van der Waals surface area contributed by atoms with E-state index >= 15 is 0 Å². The van der Waals surface area contributed by atoms with Crippen molar-refractivity contribution < 1.29 is 28.9 Å². The van der Waals surface area contributed by atoms with E-state index in [1.807, 2.05) is 6.92 Å². The van der Waals surface area contributed by atoms with Crippen molar-refractivity contribution >= 4 is 23.1 Å². The minimum Gasteiger partial charge on any atom is -0.507 e. The van der Waals surface area contributed by atoms with Crippen LogP contribution < -0.4 is 19.1 Å². The summed E-state index contributed by atoms with van der Waals surface area (Å²) >= 11 is 0. The molecule has 1 heterocycles. The van der Waals surface area contributed by atoms with Crippen LogP contribution in [-0.2, 0) is 9.59 Å². The summed E-state index contributed by atoms with van der Waals surface area (Å²) in [5.74, 6) is 0.0656. The first-order chi connectivity index (χ1) is 17.0. The molecule has 1 aliphatic rings. The van der Waals surface area contributed by atoms with E-state index in [1.165, 1.54) is 12.0 Å². The number of hydrogen-bond donors (Lipinski definition) is 1. The molecule has 7 nitrogen and oxygen atoms in total. The summed E-state index contributed by atoms with van der Waals surface area (Å²) in [6.45, 7) is 2.61. The third-order valence-electron chi connectivity index (χ3n) is 5.81. The van der Waals surface area contributed by atoms with Crippen LogP contribution in [0.3, 0.4) is 0 Å². The predicted octanol–water partition coefficient (Wildman–Crippen LogP) is 5.12. The van der Waals surface area contributed by atoms with E-state index in [2.05, 4.69) is 0 Å². The SMILES string of the molecule is CCCOc1ccc(C2/C(=C(/O)c3cccc(OC)c3)C(=O)C(=O)N2c2ccc(OC)cc2)cc1. The van der Waals surface area contributed by atoms with Gasteiger partial charge >= 0.3 is 0 Å². The predicted molar refractivity (Wildman–Crippen MR) is 133 cm³/mol. The number of rotatable bonds is 8. The fourth-order valence-electron chi connectivity index (χ4n) is 4.05. The lowest BCUT2D eigenvalue weighted by Gasteiger charge is -2.25. The number of amides is 1. The molecular weight excluding hydrogens is 446 g/mol. The molecule has 0 spiro atoms. The molecule has 1 atom stereocenters. The summed E-state index contributed by atoms with van der Waals surface area (Å²) in [5, 5.41) is 11.3. The minimum atomic E-state index is -0.838. The fraction of sp³-hybridized carbons (Fsp3) is 0.214. The van der Waals surface area contributed by atoms with Crippen molar-refractivity contribution in [3.63, 3.8) is 0 Å². The second-order valence-electron chi connectivity index (χ2n) is 8.02. The Morgan fingerprint density at radius 3 is 2.17 bits per heavy atom. The monoisotopic (exact) mass is 473 g/mol. The lowest BCUT2D eigenvalue weighted by atomic mass is 9.95. The third kappa shape index (κ3) is 4.71. The van der Waals surface area contributed by atoms with Gasteiger partial charge < -0.3 is 19.3 Å². The highest BCUT2D eigenvalue weighted by Crippen LogP contribution is 2.43. The molecule has 0 aromatic heterocycles. The van der Waals surface area contributed by atoms with Gasteiger partial charge in [0.25, 0.3) is 11.7 Å². The van der Waals surface area contributed by atoms with Crippen LogP contribution in [0.25, 0.3) is 5.76 Å². The molecule has 1 amide bonds. The van der Waals surface area contributed by atoms with E-state index in [1.54, 1.807) is 79.9 Å². The normalized spacial score (nSPS) is 16.9. The van der Waals surface area contributed by atoms with Crippen LogP contribution in [-0.4, -0.2) is 37.6 Å². The van der Waals surface area contributed by atoms with Gasteiger partial charge in [-0.15, -0.1) is 0 Å². The Kier molecular flexibility index (Phi) is 7.06. The first-order valence-corrected chi connectivity index (χ1v) is 11.3. The maximum Gasteiger partial charge on any atom is 0.300 e. The van der Waals surface area contributed by atoms with Crippen molar-refractivity contribution in [2.45, 2.75) is 19.4 Å². The zero-order valence-corrected chi connectivity index (χ0v) is 19.9. The average Bonchev–Trinajstić information content (AvgIpc) is 3.17. The molecule has 1 unspecified atom stereocenters. The number of benzene rings is 3. The van der Waals surface area contributed by atoms with E-state index in [0.717, 1.165) is 6.42 Å². The molecule has 1 saturated heterocycles. The van der Waals surface area contributed by atoms with Crippen molar-refractivity contribution in [3.8, 4) is 17.2 Å². The first kappa shape index (κ1) is 23.9. The lowest BCUT2D eigenvalue weighted by molar-refractivity contribution is -0.132. The highest BCUT2D eigenvalue weighted by molar-refractivity contribution is 6.51. The summed E-state index contributed by atoms with van der Waals surface area (Å²) < 4.78 is 16.2. The van der Waals surface area contributed by atoms with E-state index in [0.29, 0.717) is 40.7 Å². The van der Waals surface area contributed by atoms with Gasteiger partial charge in [-0.1, -0.05) is 31.2 Å². The minimum absolute atomic E-state index is 0.00120. The Morgan fingerprint density at radius 2 is 1.54 bits per heavy atom. The second-order valence-corrected chi connectivity index (χ2v) is 8.02. The topological polar surface area (TPSA) is 85.3 Å². The van der Waals surface area contributed by atoms with Crippen LogP contribution >= 0.6 is 0 Å². The van der Waals surface area contributed by atoms with Gasteiger partial charge in [0.05, 0.1) is 32.4 Å². The number of ketones is 1. The van der Waals surface area contributed by atoms with Crippen molar-refractivity contribution in [2.24, 2.45) is 0 Å². The smallest absolute Gasteiger partial charge is 0.300 e. The molecule has 1 fully saturated rings. The van der Waals surface area contributed by atoms with Crippen LogP contribution in [0.2, 0.25) is 0 Å². The first-order valence-electron chi connectivity index (χ1n) is 11.3. The number of aliphatic hydroxyl groups is 1. The molecule has 3 aromatic carbocycles. The second kappa shape index (κ2) is 10.3. The van der Waals surface area contributed by atoms with Crippen molar-refractivity contribution in [2.75, 3.05) is 25.7 Å². The summed E-state index contributed by atoms with van der Waals surface area (Å²) in [5.41, 5.74) is 1.55. The van der Waals surface area contributed by atoms with Gasteiger partial charge in [-0.05, 0) is 60.5 Å². The van der Waals surface area contributed by atoms with Gasteiger partial charge in [-0.3, -0.25) is 14.5 Å². The molecule has 7 heteroatoms. The van der Waals surface area contributed by atoms with Crippen LogP contribution in [0.4, 0.5) is 5.69 Å². The van der Waals surface area contributed by atoms with Gasteiger partial charge in [0.1, 0.15) is 23.0 Å². The highest BCUT2D eigenvalue weighted by Gasteiger charge is 2.47. The zero-order chi connectivity index (χ0) is 24.9. The van der Waals surface area contributed by atoms with Crippen LogP contribution in [0, 0.1) is 0 Å². The van der Waals surface area contributed by atoms with Gasteiger partial charge in [0, 0.05) is 11.3 Å². The van der Waals surface area contributed by atoms with Crippen LogP contribution in [0.5, 0.6) is 17.2 Å². The number of carbonyl (C=O) groups is 2. The average molecular weight is 474 g/mol. The van der Waals surface area contributed by atoms with Gasteiger partial charge in [-0.2, -0.15) is 0 Å². The zero-order valence-electron chi connectivity index (χ0n) is 19.9. The Bertz CT molecular complexity index is 1250. The molecule has 0 aliphatic carbocycles. The lowest BCUT2D eigenvalue weighted by Crippen LogP contribution is -2.29. The number of hydrogen-bond acceptors (Lipinski definition) is 6. The molecule has 3 aromatic rings. The van der Waals surface area contributed by atoms with E-state index in [9.17, 15) is 14.7 Å². The Balaban J connectivity index is 1.86. The number of methoxy groups -OCH3 is 2. The third-order valence-corrected chi connectivity index (χ3v) is 5.81. The Morgan fingerprint density at radius 1 is 0.886 bits per heavy atom. The number of nitrogens with zero attached hydrogens (tertiary/aromatic N) is 1. The van der Waals surface area contributed by atoms with Gasteiger partial charge in [-0.25, -0.2) is 0 Å². The number of Topliss-reactive ketones (excluding diaryl/α,β-unsaturated/α-hetero) is 1. The molecule has 4 rings (SSSR count). The molecular formula is C28H27NO6. The molecule has 0 bridgehead atoms. The molecule has 0 radical (unpaired) electrons. The van der Waals surface area contributed by atoms with Crippen LogP contribution in [0.15, 0.2) is 78.4 Å². The number of aliphatic hydroxyl groups excluding tert-OH is 1. The number of anilines is 1. The maximum absolute atomic E-state index is 13.3. The van der Waals surface area contributed by atoms with E-state index in [4.69, 9.17) is 14.2 Å². The molecule has 180 valence electrons. The van der Waals surface area contributed by atoms with Crippen LogP contribution in [0.1, 0.15) is 30.5 Å². The van der Waals surface area contributed by atoms with Crippen molar-refractivity contribution in [1.82, 2.24) is 0 Å².